The Bertz CT molecular complexity index is 717. The maximum absolute atomic E-state index is 13.2. The zero-order valence-electron chi connectivity index (χ0n) is 9.79. The number of hydrogen-bond donors (Lipinski definition) is 0. The largest absolute Gasteiger partial charge is 0.463 e. The molecular formula is C14H9FN2O2. The lowest BCUT2D eigenvalue weighted by molar-refractivity contribution is 0.112. The van der Waals surface area contributed by atoms with Crippen molar-refractivity contribution in [3.8, 4) is 17.1 Å². The lowest BCUT2D eigenvalue weighted by Gasteiger charge is -2.00. The summed E-state index contributed by atoms with van der Waals surface area (Å²) in [4.78, 5) is 11.1. The van der Waals surface area contributed by atoms with Crippen LogP contribution in [0.5, 0.6) is 0 Å². The molecule has 2 heterocycles. The van der Waals surface area contributed by atoms with Crippen LogP contribution in [0.3, 0.4) is 0 Å². The molecule has 0 amide bonds. The molecule has 0 bridgehead atoms. The van der Waals surface area contributed by atoms with Gasteiger partial charge in [-0.05, 0) is 30.3 Å². The van der Waals surface area contributed by atoms with Gasteiger partial charge in [0.25, 0.3) is 0 Å². The van der Waals surface area contributed by atoms with Crippen molar-refractivity contribution in [1.82, 2.24) is 9.78 Å². The third kappa shape index (κ3) is 2.06. The molecule has 0 N–H and O–H groups in total. The maximum Gasteiger partial charge on any atom is 0.154 e. The molecule has 3 rings (SSSR count). The van der Waals surface area contributed by atoms with Gasteiger partial charge in [-0.25, -0.2) is 9.07 Å². The van der Waals surface area contributed by atoms with Gasteiger partial charge in [-0.2, -0.15) is 5.10 Å². The number of aldehydes is 1. The fourth-order valence-electron chi connectivity index (χ4n) is 1.83. The van der Waals surface area contributed by atoms with Crippen LogP contribution in [0.4, 0.5) is 4.39 Å². The van der Waals surface area contributed by atoms with Crippen LogP contribution in [-0.4, -0.2) is 16.1 Å². The van der Waals surface area contributed by atoms with Crippen molar-refractivity contribution in [3.05, 3.63) is 60.2 Å². The SMILES string of the molecule is O=Cc1cn(-c2cccc(F)c2)nc1-c1ccco1. The minimum absolute atomic E-state index is 0.361. The van der Waals surface area contributed by atoms with Crippen LogP contribution >= 0.6 is 0 Å². The van der Waals surface area contributed by atoms with Gasteiger partial charge < -0.3 is 4.42 Å². The first-order chi connectivity index (χ1) is 9.28. The van der Waals surface area contributed by atoms with Gasteiger partial charge in [0.1, 0.15) is 11.5 Å². The van der Waals surface area contributed by atoms with E-state index in [1.54, 1.807) is 30.5 Å². The molecule has 0 saturated carbocycles. The Labute approximate surface area is 108 Å². The number of furan rings is 1. The summed E-state index contributed by atoms with van der Waals surface area (Å²) in [5, 5.41) is 4.26. The average Bonchev–Trinajstić information content (AvgIpc) is 3.07. The summed E-state index contributed by atoms with van der Waals surface area (Å²) in [5.74, 6) is 0.137. The molecule has 0 spiro atoms. The lowest BCUT2D eigenvalue weighted by Crippen LogP contribution is -1.95. The smallest absolute Gasteiger partial charge is 0.154 e. The van der Waals surface area contributed by atoms with Gasteiger partial charge in [-0.1, -0.05) is 6.07 Å². The average molecular weight is 256 g/mol. The third-order valence-corrected chi connectivity index (χ3v) is 2.70. The number of carbonyl (C=O) groups is 1. The van der Waals surface area contributed by atoms with Crippen LogP contribution in [0.2, 0.25) is 0 Å². The molecule has 3 aromatic rings. The molecule has 94 valence electrons. The van der Waals surface area contributed by atoms with Gasteiger partial charge in [0.2, 0.25) is 0 Å². The van der Waals surface area contributed by atoms with Crippen molar-refractivity contribution in [2.45, 2.75) is 0 Å². The molecule has 0 radical (unpaired) electrons. The zero-order chi connectivity index (χ0) is 13.2. The minimum Gasteiger partial charge on any atom is -0.463 e. The van der Waals surface area contributed by atoms with Crippen LogP contribution in [0.1, 0.15) is 10.4 Å². The Balaban J connectivity index is 2.12. The van der Waals surface area contributed by atoms with Gasteiger partial charge >= 0.3 is 0 Å². The summed E-state index contributed by atoms with van der Waals surface area (Å²) in [6.45, 7) is 0. The normalized spacial score (nSPS) is 10.6. The van der Waals surface area contributed by atoms with E-state index < -0.39 is 0 Å². The van der Waals surface area contributed by atoms with E-state index in [4.69, 9.17) is 4.42 Å². The second-order valence-electron chi connectivity index (χ2n) is 3.95. The van der Waals surface area contributed by atoms with Gasteiger partial charge in [0.15, 0.2) is 12.0 Å². The van der Waals surface area contributed by atoms with Crippen LogP contribution in [0, 0.1) is 5.82 Å². The highest BCUT2D eigenvalue weighted by molar-refractivity contribution is 5.84. The van der Waals surface area contributed by atoms with E-state index in [1.807, 2.05) is 0 Å². The quantitative estimate of drug-likeness (QED) is 0.676. The van der Waals surface area contributed by atoms with Gasteiger partial charge in [-0.15, -0.1) is 0 Å². The topological polar surface area (TPSA) is 48.0 Å². The van der Waals surface area contributed by atoms with Crippen molar-refractivity contribution >= 4 is 6.29 Å². The predicted octanol–water partition coefficient (Wildman–Crippen LogP) is 3.08. The molecule has 19 heavy (non-hydrogen) atoms. The molecule has 0 aliphatic rings. The highest BCUT2D eigenvalue weighted by Gasteiger charge is 2.13. The molecular weight excluding hydrogens is 247 g/mol. The Morgan fingerprint density at radius 1 is 1.26 bits per heavy atom. The molecule has 0 saturated heterocycles. The Morgan fingerprint density at radius 2 is 2.16 bits per heavy atom. The van der Waals surface area contributed by atoms with Crippen LogP contribution in [-0.2, 0) is 0 Å². The van der Waals surface area contributed by atoms with Crippen molar-refractivity contribution < 1.29 is 13.6 Å². The standard InChI is InChI=1S/C14H9FN2O2/c15-11-3-1-4-12(7-11)17-8-10(9-18)14(16-17)13-5-2-6-19-13/h1-9H. The summed E-state index contributed by atoms with van der Waals surface area (Å²) in [7, 11) is 0. The first-order valence-electron chi connectivity index (χ1n) is 5.62. The Kier molecular flexibility index (Phi) is 2.72. The summed E-state index contributed by atoms with van der Waals surface area (Å²) in [5.41, 5.74) is 1.37. The molecule has 0 aliphatic heterocycles. The first-order valence-corrected chi connectivity index (χ1v) is 5.62. The van der Waals surface area contributed by atoms with Crippen molar-refractivity contribution in [2.75, 3.05) is 0 Å². The molecule has 0 unspecified atom stereocenters. The fraction of sp³-hybridized carbons (Fsp3) is 0. The van der Waals surface area contributed by atoms with E-state index in [1.165, 1.54) is 23.1 Å². The molecule has 0 fully saturated rings. The van der Waals surface area contributed by atoms with Gasteiger partial charge in [-0.3, -0.25) is 4.79 Å². The molecule has 2 aromatic heterocycles. The summed E-state index contributed by atoms with van der Waals surface area (Å²) >= 11 is 0. The summed E-state index contributed by atoms with van der Waals surface area (Å²) < 4.78 is 19.9. The number of aromatic nitrogens is 2. The predicted molar refractivity (Wildman–Crippen MR) is 66.6 cm³/mol. The number of rotatable bonds is 3. The third-order valence-electron chi connectivity index (χ3n) is 2.70. The Hall–Kier alpha value is -2.69. The lowest BCUT2D eigenvalue weighted by atomic mass is 10.2. The molecule has 1 aromatic carbocycles. The summed E-state index contributed by atoms with van der Waals surface area (Å²) in [6, 6.07) is 9.40. The van der Waals surface area contributed by atoms with E-state index in [0.29, 0.717) is 29.0 Å². The second kappa shape index (κ2) is 4.53. The van der Waals surface area contributed by atoms with E-state index in [0.717, 1.165) is 0 Å². The van der Waals surface area contributed by atoms with E-state index in [-0.39, 0.29) is 5.82 Å². The molecule has 4 nitrogen and oxygen atoms in total. The van der Waals surface area contributed by atoms with Crippen LogP contribution in [0.25, 0.3) is 17.1 Å². The van der Waals surface area contributed by atoms with Crippen molar-refractivity contribution in [2.24, 2.45) is 0 Å². The van der Waals surface area contributed by atoms with E-state index in [9.17, 15) is 9.18 Å². The second-order valence-corrected chi connectivity index (χ2v) is 3.95. The number of benzene rings is 1. The molecule has 0 aliphatic carbocycles. The van der Waals surface area contributed by atoms with Crippen molar-refractivity contribution in [3.63, 3.8) is 0 Å². The first kappa shape index (κ1) is 11.4. The van der Waals surface area contributed by atoms with Gasteiger partial charge in [0, 0.05) is 6.20 Å². The zero-order valence-corrected chi connectivity index (χ0v) is 9.79. The maximum atomic E-state index is 13.2. The number of halogens is 1. The minimum atomic E-state index is -0.361. The van der Waals surface area contributed by atoms with Crippen molar-refractivity contribution in [1.29, 1.82) is 0 Å². The number of nitrogens with zero attached hydrogens (tertiary/aromatic N) is 2. The van der Waals surface area contributed by atoms with E-state index in [2.05, 4.69) is 5.10 Å². The fourth-order valence-corrected chi connectivity index (χ4v) is 1.83. The van der Waals surface area contributed by atoms with Crippen LogP contribution < -0.4 is 0 Å². The molecule has 5 heteroatoms. The number of carbonyl (C=O) groups excluding carboxylic acids is 1. The monoisotopic (exact) mass is 256 g/mol. The number of hydrogen-bond acceptors (Lipinski definition) is 3. The highest BCUT2D eigenvalue weighted by atomic mass is 19.1. The van der Waals surface area contributed by atoms with Crippen LogP contribution in [0.15, 0.2) is 53.3 Å². The molecule has 0 atom stereocenters. The van der Waals surface area contributed by atoms with Gasteiger partial charge in [0.05, 0.1) is 17.5 Å². The Morgan fingerprint density at radius 3 is 2.84 bits per heavy atom. The highest BCUT2D eigenvalue weighted by Crippen LogP contribution is 2.23. The summed E-state index contributed by atoms with van der Waals surface area (Å²) in [6.07, 6.45) is 3.74. The van der Waals surface area contributed by atoms with E-state index >= 15 is 0 Å².